The molecule has 0 spiro atoms. The number of esters is 1. The third kappa shape index (κ3) is 1.99. The van der Waals surface area contributed by atoms with Crippen molar-refractivity contribution in [1.82, 2.24) is 0 Å². The largest absolute Gasteiger partial charge is 0.469 e. The van der Waals surface area contributed by atoms with Crippen LogP contribution in [0, 0.1) is 6.07 Å². The van der Waals surface area contributed by atoms with Gasteiger partial charge in [-0.3, -0.25) is 4.79 Å². The second kappa shape index (κ2) is 4.13. The Morgan fingerprint density at radius 1 is 1.33 bits per heavy atom. The first-order valence-electron chi connectivity index (χ1n) is 4.76. The van der Waals surface area contributed by atoms with Crippen LogP contribution in [0.3, 0.4) is 0 Å². The molecule has 2 aromatic rings. The minimum absolute atomic E-state index is 0.216. The lowest BCUT2D eigenvalue weighted by atomic mass is 10.0. The summed E-state index contributed by atoms with van der Waals surface area (Å²) in [6.07, 6.45) is 0.311. The van der Waals surface area contributed by atoms with Gasteiger partial charge in [-0.2, -0.15) is 0 Å². The Morgan fingerprint density at radius 2 is 2.20 bits per heavy atom. The van der Waals surface area contributed by atoms with Crippen LogP contribution in [0.2, 0.25) is 0 Å². The molecule has 0 aliphatic heterocycles. The second-order valence-electron chi connectivity index (χ2n) is 3.30. The van der Waals surface area contributed by atoms with Crippen molar-refractivity contribution in [3.63, 3.8) is 0 Å². The van der Waals surface area contributed by atoms with Crippen LogP contribution in [0.1, 0.15) is 5.56 Å². The summed E-state index contributed by atoms with van der Waals surface area (Å²) in [7, 11) is 1.40. The normalized spacial score (nSPS) is 10.2. The van der Waals surface area contributed by atoms with Gasteiger partial charge < -0.3 is 4.74 Å². The van der Waals surface area contributed by atoms with Crippen LogP contribution < -0.4 is 0 Å². The first-order valence-corrected chi connectivity index (χ1v) is 4.76. The maximum absolute atomic E-state index is 11.2. The summed E-state index contributed by atoms with van der Waals surface area (Å²) in [4.78, 5) is 11.2. The number of carbonyl (C=O) groups excluding carboxylic acids is 1. The Labute approximate surface area is 88.5 Å². The topological polar surface area (TPSA) is 26.3 Å². The third-order valence-electron chi connectivity index (χ3n) is 2.36. The highest BCUT2D eigenvalue weighted by atomic mass is 16.5. The van der Waals surface area contributed by atoms with E-state index in [1.165, 1.54) is 7.11 Å². The molecule has 0 fully saturated rings. The molecule has 0 saturated heterocycles. The van der Waals surface area contributed by atoms with Crippen LogP contribution in [-0.2, 0) is 16.0 Å². The molecular weight excluding hydrogens is 188 g/mol. The molecule has 2 rings (SSSR count). The van der Waals surface area contributed by atoms with Crippen molar-refractivity contribution in [2.75, 3.05) is 7.11 Å². The van der Waals surface area contributed by atoms with Crippen molar-refractivity contribution < 1.29 is 9.53 Å². The van der Waals surface area contributed by atoms with E-state index < -0.39 is 0 Å². The minimum Gasteiger partial charge on any atom is -0.469 e. The lowest BCUT2D eigenvalue weighted by Gasteiger charge is -2.04. The molecule has 2 heteroatoms. The van der Waals surface area contributed by atoms with Gasteiger partial charge in [0.15, 0.2) is 0 Å². The minimum atomic E-state index is -0.216. The molecule has 0 amide bonds. The molecule has 2 aromatic carbocycles. The summed E-state index contributed by atoms with van der Waals surface area (Å²) >= 11 is 0. The van der Waals surface area contributed by atoms with Gasteiger partial charge >= 0.3 is 5.97 Å². The monoisotopic (exact) mass is 199 g/mol. The van der Waals surface area contributed by atoms with Crippen LogP contribution in [-0.4, -0.2) is 13.1 Å². The Bertz CT molecular complexity index is 483. The second-order valence-corrected chi connectivity index (χ2v) is 3.30. The van der Waals surface area contributed by atoms with Crippen molar-refractivity contribution in [2.45, 2.75) is 6.42 Å². The molecule has 0 aliphatic carbocycles. The number of benzene rings is 2. The Hall–Kier alpha value is -1.83. The highest BCUT2D eigenvalue weighted by molar-refractivity contribution is 5.88. The maximum Gasteiger partial charge on any atom is 0.309 e. The van der Waals surface area contributed by atoms with Crippen LogP contribution in [0.25, 0.3) is 10.8 Å². The fourth-order valence-electron chi connectivity index (χ4n) is 1.60. The lowest BCUT2D eigenvalue weighted by molar-refractivity contribution is -0.139. The maximum atomic E-state index is 11.2. The van der Waals surface area contributed by atoms with Crippen LogP contribution in [0.15, 0.2) is 36.4 Å². The van der Waals surface area contributed by atoms with E-state index >= 15 is 0 Å². The summed E-state index contributed by atoms with van der Waals surface area (Å²) in [5.74, 6) is -0.216. The number of carbonyl (C=O) groups is 1. The summed E-state index contributed by atoms with van der Waals surface area (Å²) in [5, 5.41) is 2.09. The van der Waals surface area contributed by atoms with Crippen molar-refractivity contribution >= 4 is 16.7 Å². The Morgan fingerprint density at radius 3 is 3.00 bits per heavy atom. The number of ether oxygens (including phenoxy) is 1. The Kier molecular flexibility index (Phi) is 2.68. The van der Waals surface area contributed by atoms with Gasteiger partial charge in [-0.05, 0) is 22.4 Å². The number of hydrogen-bond donors (Lipinski definition) is 0. The molecule has 0 aromatic heterocycles. The molecule has 15 heavy (non-hydrogen) atoms. The van der Waals surface area contributed by atoms with E-state index in [1.54, 1.807) is 0 Å². The van der Waals surface area contributed by atoms with Gasteiger partial charge in [0.05, 0.1) is 13.5 Å². The number of fused-ring (bicyclic) bond motifs is 1. The van der Waals surface area contributed by atoms with Gasteiger partial charge in [0.2, 0.25) is 0 Å². The number of rotatable bonds is 2. The van der Waals surface area contributed by atoms with Gasteiger partial charge in [-0.25, -0.2) is 0 Å². The number of methoxy groups -OCH3 is 1. The fourth-order valence-corrected chi connectivity index (χ4v) is 1.60. The van der Waals surface area contributed by atoms with Crippen LogP contribution in [0.4, 0.5) is 0 Å². The molecule has 0 atom stereocenters. The molecule has 0 N–H and O–H groups in total. The summed E-state index contributed by atoms with van der Waals surface area (Å²) < 4.78 is 4.65. The predicted octanol–water partition coefficient (Wildman–Crippen LogP) is 2.36. The highest BCUT2D eigenvalue weighted by Crippen LogP contribution is 2.18. The van der Waals surface area contributed by atoms with E-state index in [1.807, 2.05) is 36.4 Å². The molecular formula is C13H11O2. The first kappa shape index (κ1) is 9.71. The summed E-state index contributed by atoms with van der Waals surface area (Å²) in [6.45, 7) is 0. The summed E-state index contributed by atoms with van der Waals surface area (Å²) in [6, 6.07) is 14.8. The zero-order valence-electron chi connectivity index (χ0n) is 8.49. The smallest absolute Gasteiger partial charge is 0.309 e. The average Bonchev–Trinajstić information content (AvgIpc) is 2.29. The fraction of sp³-hybridized carbons (Fsp3) is 0.154. The van der Waals surface area contributed by atoms with Crippen molar-refractivity contribution in [1.29, 1.82) is 0 Å². The molecule has 0 heterocycles. The van der Waals surface area contributed by atoms with Crippen molar-refractivity contribution in [2.24, 2.45) is 0 Å². The first-order chi connectivity index (χ1) is 7.31. The molecule has 0 saturated carbocycles. The van der Waals surface area contributed by atoms with Gasteiger partial charge in [-0.1, -0.05) is 36.4 Å². The average molecular weight is 199 g/mol. The van der Waals surface area contributed by atoms with Gasteiger partial charge in [0.25, 0.3) is 0 Å². The van der Waals surface area contributed by atoms with Crippen molar-refractivity contribution in [3.8, 4) is 0 Å². The van der Waals surface area contributed by atoms with Gasteiger partial charge in [0.1, 0.15) is 0 Å². The van der Waals surface area contributed by atoms with Crippen molar-refractivity contribution in [3.05, 3.63) is 48.0 Å². The summed E-state index contributed by atoms with van der Waals surface area (Å²) in [5.41, 5.74) is 0.983. The van der Waals surface area contributed by atoms with E-state index in [0.29, 0.717) is 6.42 Å². The van der Waals surface area contributed by atoms with E-state index in [-0.39, 0.29) is 5.97 Å². The Balaban J connectivity index is 2.46. The van der Waals surface area contributed by atoms with Gasteiger partial charge in [0, 0.05) is 0 Å². The SMILES string of the molecule is COC(=O)Cc1cccc2[c]cccc12. The van der Waals surface area contributed by atoms with Gasteiger partial charge in [-0.15, -0.1) is 0 Å². The zero-order chi connectivity index (χ0) is 10.7. The zero-order valence-corrected chi connectivity index (χ0v) is 8.49. The lowest BCUT2D eigenvalue weighted by Crippen LogP contribution is -2.04. The molecule has 2 nitrogen and oxygen atoms in total. The molecule has 1 radical (unpaired) electrons. The third-order valence-corrected chi connectivity index (χ3v) is 2.36. The molecule has 0 bridgehead atoms. The van der Waals surface area contributed by atoms with Crippen LogP contribution in [0.5, 0.6) is 0 Å². The predicted molar refractivity (Wildman–Crippen MR) is 58.5 cm³/mol. The standard InChI is InChI=1S/C13H11O2/c1-15-13(14)9-11-7-4-6-10-5-2-3-8-12(10)11/h2-4,6-8H,9H2,1H3. The van der Waals surface area contributed by atoms with E-state index in [0.717, 1.165) is 16.3 Å². The molecule has 0 unspecified atom stereocenters. The van der Waals surface area contributed by atoms with E-state index in [2.05, 4.69) is 10.8 Å². The van der Waals surface area contributed by atoms with Crippen LogP contribution >= 0.6 is 0 Å². The highest BCUT2D eigenvalue weighted by Gasteiger charge is 2.05. The quantitative estimate of drug-likeness (QED) is 0.694. The van der Waals surface area contributed by atoms with E-state index in [9.17, 15) is 4.79 Å². The molecule has 0 aliphatic rings. The molecule has 75 valence electrons. The number of hydrogen-bond acceptors (Lipinski definition) is 2. The van der Waals surface area contributed by atoms with E-state index in [4.69, 9.17) is 0 Å².